The number of carboxylic acids is 1. The van der Waals surface area contributed by atoms with Crippen LogP contribution in [0.3, 0.4) is 0 Å². The number of hydrogen-bond acceptors (Lipinski definition) is 5. The number of anilines is 1. The Kier molecular flexibility index (Phi) is 9.07. The minimum absolute atomic E-state index is 0.0888. The van der Waals surface area contributed by atoms with Crippen LogP contribution in [-0.2, 0) is 11.3 Å². The molecule has 0 unspecified atom stereocenters. The monoisotopic (exact) mass is 404 g/mol. The van der Waals surface area contributed by atoms with Gasteiger partial charge in [0.1, 0.15) is 0 Å². The number of nitrogens with zero attached hydrogens (tertiary/aromatic N) is 1. The Morgan fingerprint density at radius 2 is 1.67 bits per heavy atom. The Balaban J connectivity index is 1.71. The second-order valence-electron chi connectivity index (χ2n) is 5.93. The lowest BCUT2D eigenvalue weighted by Crippen LogP contribution is -2.25. The second kappa shape index (κ2) is 11.6. The van der Waals surface area contributed by atoms with Crippen LogP contribution >= 0.6 is 21.6 Å². The highest BCUT2D eigenvalue weighted by Gasteiger charge is 2.06. The number of carboxylic acid groups (broad SMARTS) is 1. The maximum atomic E-state index is 12.2. The molecule has 5 nitrogen and oxygen atoms in total. The van der Waals surface area contributed by atoms with Crippen LogP contribution in [0.25, 0.3) is 0 Å². The molecule has 2 rings (SSSR count). The molecule has 0 aliphatic rings. The molecule has 7 heteroatoms. The third-order valence-corrected chi connectivity index (χ3v) is 6.19. The molecule has 0 saturated carbocycles. The molecule has 0 aliphatic heterocycles. The molecule has 0 spiro atoms. The van der Waals surface area contributed by atoms with Gasteiger partial charge in [-0.25, -0.2) is 0 Å². The van der Waals surface area contributed by atoms with Crippen LogP contribution in [0.5, 0.6) is 0 Å². The molecule has 0 radical (unpaired) electrons. The summed E-state index contributed by atoms with van der Waals surface area (Å²) in [5.41, 5.74) is 2.94. The number of aliphatic carboxylic acids is 1. The van der Waals surface area contributed by atoms with E-state index in [0.29, 0.717) is 17.9 Å². The van der Waals surface area contributed by atoms with E-state index in [2.05, 4.69) is 22.3 Å². The molecule has 144 valence electrons. The summed E-state index contributed by atoms with van der Waals surface area (Å²) in [4.78, 5) is 24.7. The van der Waals surface area contributed by atoms with Crippen molar-refractivity contribution >= 4 is 39.2 Å². The van der Waals surface area contributed by atoms with Crippen molar-refractivity contribution in [2.24, 2.45) is 0 Å². The van der Waals surface area contributed by atoms with Gasteiger partial charge in [0, 0.05) is 42.9 Å². The van der Waals surface area contributed by atoms with Gasteiger partial charge < -0.3 is 15.3 Å². The first kappa shape index (κ1) is 21.2. The number of amides is 1. The number of rotatable bonds is 11. The quantitative estimate of drug-likeness (QED) is 0.437. The van der Waals surface area contributed by atoms with E-state index in [1.54, 1.807) is 10.8 Å². The molecule has 0 saturated heterocycles. The van der Waals surface area contributed by atoms with E-state index in [-0.39, 0.29) is 12.3 Å². The summed E-state index contributed by atoms with van der Waals surface area (Å²) in [6, 6.07) is 17.8. The Labute approximate surface area is 167 Å². The predicted molar refractivity (Wildman–Crippen MR) is 114 cm³/mol. The zero-order valence-electron chi connectivity index (χ0n) is 15.3. The molecular formula is C20H24N2O3S2. The third kappa shape index (κ3) is 7.97. The van der Waals surface area contributed by atoms with Crippen LogP contribution < -0.4 is 10.2 Å². The van der Waals surface area contributed by atoms with E-state index < -0.39 is 5.97 Å². The van der Waals surface area contributed by atoms with Crippen LogP contribution in [0.15, 0.2) is 54.6 Å². The summed E-state index contributed by atoms with van der Waals surface area (Å²) in [7, 11) is 5.13. The zero-order valence-corrected chi connectivity index (χ0v) is 16.9. The van der Waals surface area contributed by atoms with Crippen molar-refractivity contribution < 1.29 is 14.7 Å². The van der Waals surface area contributed by atoms with Gasteiger partial charge in [0.25, 0.3) is 5.91 Å². The maximum Gasteiger partial charge on any atom is 0.304 e. The summed E-state index contributed by atoms with van der Waals surface area (Å²) >= 11 is 0. The van der Waals surface area contributed by atoms with Gasteiger partial charge in [-0.15, -0.1) is 0 Å². The largest absolute Gasteiger partial charge is 0.481 e. The van der Waals surface area contributed by atoms with E-state index in [0.717, 1.165) is 23.5 Å². The number of benzene rings is 2. The lowest BCUT2D eigenvalue weighted by molar-refractivity contribution is -0.136. The third-order valence-electron chi connectivity index (χ3n) is 3.79. The van der Waals surface area contributed by atoms with Crippen molar-refractivity contribution in [2.45, 2.75) is 13.0 Å². The van der Waals surface area contributed by atoms with E-state index in [4.69, 9.17) is 5.11 Å². The van der Waals surface area contributed by atoms with Crippen LogP contribution in [-0.4, -0.2) is 42.1 Å². The van der Waals surface area contributed by atoms with Gasteiger partial charge in [-0.05, 0) is 29.8 Å². The number of nitrogens with one attached hydrogen (secondary N) is 1. The summed E-state index contributed by atoms with van der Waals surface area (Å²) in [5, 5.41) is 11.4. The fourth-order valence-corrected chi connectivity index (χ4v) is 4.25. The number of carbonyl (C=O) groups is 2. The number of hydrogen-bond donors (Lipinski definition) is 2. The SMILES string of the molecule is CN(Cc1ccc(C(=O)NCCSSCCC(=O)O)cc1)c1ccccc1. The van der Waals surface area contributed by atoms with E-state index in [9.17, 15) is 9.59 Å². The molecular weight excluding hydrogens is 380 g/mol. The molecule has 0 atom stereocenters. The van der Waals surface area contributed by atoms with Crippen molar-refractivity contribution in [1.29, 1.82) is 0 Å². The van der Waals surface area contributed by atoms with Crippen molar-refractivity contribution in [3.05, 3.63) is 65.7 Å². The van der Waals surface area contributed by atoms with Gasteiger partial charge in [-0.3, -0.25) is 9.59 Å². The highest BCUT2D eigenvalue weighted by molar-refractivity contribution is 8.76. The zero-order chi connectivity index (χ0) is 19.5. The van der Waals surface area contributed by atoms with Gasteiger partial charge in [0.15, 0.2) is 0 Å². The Morgan fingerprint density at radius 1 is 1.00 bits per heavy atom. The van der Waals surface area contributed by atoms with Gasteiger partial charge in [0.2, 0.25) is 0 Å². The molecule has 2 aromatic rings. The predicted octanol–water partition coefficient (Wildman–Crippen LogP) is 3.91. The molecule has 0 bridgehead atoms. The first-order valence-electron chi connectivity index (χ1n) is 8.66. The highest BCUT2D eigenvalue weighted by Crippen LogP contribution is 2.21. The fraction of sp³-hybridized carbons (Fsp3) is 0.300. The molecule has 0 aromatic heterocycles. The van der Waals surface area contributed by atoms with Crippen LogP contribution in [0, 0.1) is 0 Å². The molecule has 1 amide bonds. The second-order valence-corrected chi connectivity index (χ2v) is 8.63. The van der Waals surface area contributed by atoms with Gasteiger partial charge in [-0.2, -0.15) is 0 Å². The number of para-hydroxylation sites is 1. The van der Waals surface area contributed by atoms with Crippen molar-refractivity contribution in [3.63, 3.8) is 0 Å². The maximum absolute atomic E-state index is 12.2. The van der Waals surface area contributed by atoms with Crippen LogP contribution in [0.1, 0.15) is 22.3 Å². The number of carbonyl (C=O) groups excluding carboxylic acids is 1. The average Bonchev–Trinajstić information content (AvgIpc) is 2.68. The fourth-order valence-electron chi connectivity index (χ4n) is 2.36. The molecule has 0 heterocycles. The molecule has 2 N–H and O–H groups in total. The topological polar surface area (TPSA) is 69.6 Å². The molecule has 2 aromatic carbocycles. The first-order chi connectivity index (χ1) is 13.1. The van der Waals surface area contributed by atoms with E-state index >= 15 is 0 Å². The van der Waals surface area contributed by atoms with Crippen molar-refractivity contribution in [1.82, 2.24) is 5.32 Å². The van der Waals surface area contributed by atoms with Gasteiger partial charge >= 0.3 is 5.97 Å². The molecule has 27 heavy (non-hydrogen) atoms. The van der Waals surface area contributed by atoms with Crippen LogP contribution in [0.2, 0.25) is 0 Å². The Bertz CT molecular complexity index is 724. The Morgan fingerprint density at radius 3 is 2.33 bits per heavy atom. The summed E-state index contributed by atoms with van der Waals surface area (Å²) in [6.07, 6.45) is 0.163. The highest BCUT2D eigenvalue weighted by atomic mass is 33.1. The standard InChI is InChI=1S/C20H24N2O3S2/c1-22(18-5-3-2-4-6-18)15-16-7-9-17(10-8-16)20(25)21-12-14-27-26-13-11-19(23)24/h2-10H,11-15H2,1H3,(H,21,25)(H,23,24). The lowest BCUT2D eigenvalue weighted by Gasteiger charge is -2.19. The minimum Gasteiger partial charge on any atom is -0.481 e. The smallest absolute Gasteiger partial charge is 0.304 e. The normalized spacial score (nSPS) is 10.4. The first-order valence-corrected chi connectivity index (χ1v) is 11.1. The average molecular weight is 405 g/mol. The van der Waals surface area contributed by atoms with Gasteiger partial charge in [0.05, 0.1) is 6.42 Å². The van der Waals surface area contributed by atoms with Gasteiger partial charge in [-0.1, -0.05) is 51.9 Å². The summed E-state index contributed by atoms with van der Waals surface area (Å²) in [6.45, 7) is 1.33. The Hall–Kier alpha value is -2.12. The van der Waals surface area contributed by atoms with Crippen LogP contribution in [0.4, 0.5) is 5.69 Å². The summed E-state index contributed by atoms with van der Waals surface area (Å²) in [5.74, 6) is 0.451. The minimum atomic E-state index is -0.783. The van der Waals surface area contributed by atoms with E-state index in [1.165, 1.54) is 10.8 Å². The van der Waals surface area contributed by atoms with Crippen molar-refractivity contribution in [3.8, 4) is 0 Å². The lowest BCUT2D eigenvalue weighted by atomic mass is 10.1. The van der Waals surface area contributed by atoms with E-state index in [1.807, 2.05) is 49.5 Å². The summed E-state index contributed by atoms with van der Waals surface area (Å²) < 4.78 is 0. The van der Waals surface area contributed by atoms with Crippen molar-refractivity contribution in [2.75, 3.05) is 30.0 Å². The molecule has 0 aliphatic carbocycles. The molecule has 0 fully saturated rings.